The van der Waals surface area contributed by atoms with Gasteiger partial charge < -0.3 is 9.84 Å². The molecule has 0 aliphatic carbocycles. The van der Waals surface area contributed by atoms with Gasteiger partial charge >= 0.3 is 0 Å². The topological polar surface area (TPSA) is 83.8 Å². The molecule has 0 radical (unpaired) electrons. The quantitative estimate of drug-likeness (QED) is 0.377. The van der Waals surface area contributed by atoms with Crippen molar-refractivity contribution in [2.45, 2.75) is 18.7 Å². The molecule has 0 aliphatic rings. The van der Waals surface area contributed by atoms with Crippen molar-refractivity contribution in [2.75, 3.05) is 12.9 Å². The predicted molar refractivity (Wildman–Crippen MR) is 112 cm³/mol. The minimum Gasteiger partial charge on any atom is -0.504 e. The third-order valence-corrected chi connectivity index (χ3v) is 5.11. The molecule has 3 rings (SSSR count). The number of pyridine rings is 1. The summed E-state index contributed by atoms with van der Waals surface area (Å²) in [7, 11) is 1.47. The molecular formula is C21H21N3O3S. The van der Waals surface area contributed by atoms with E-state index in [0.717, 1.165) is 27.1 Å². The first kappa shape index (κ1) is 19.7. The number of ether oxygens (including phenoxy) is 1. The van der Waals surface area contributed by atoms with E-state index in [1.54, 1.807) is 18.2 Å². The van der Waals surface area contributed by atoms with Crippen LogP contribution in [0.2, 0.25) is 0 Å². The van der Waals surface area contributed by atoms with Crippen LogP contribution in [-0.2, 0) is 4.79 Å². The van der Waals surface area contributed by atoms with E-state index in [2.05, 4.69) is 21.6 Å². The Morgan fingerprint density at radius 3 is 2.89 bits per heavy atom. The number of rotatable bonds is 6. The zero-order chi connectivity index (χ0) is 20.1. The van der Waals surface area contributed by atoms with Gasteiger partial charge in [0, 0.05) is 21.5 Å². The second kappa shape index (κ2) is 8.75. The SMILES string of the molecule is COc1cccc(/C=N/NC(=O)CSc2cc(C)nc3ccc(C)cc23)c1O. The van der Waals surface area contributed by atoms with Crippen LogP contribution in [0.3, 0.4) is 0 Å². The number of hydrogen-bond acceptors (Lipinski definition) is 6. The van der Waals surface area contributed by atoms with E-state index in [0.29, 0.717) is 11.3 Å². The van der Waals surface area contributed by atoms with Gasteiger partial charge in [-0.05, 0) is 44.2 Å². The number of phenolic OH excluding ortho intramolecular Hbond substituents is 1. The van der Waals surface area contributed by atoms with Crippen LogP contribution in [-0.4, -0.2) is 35.1 Å². The van der Waals surface area contributed by atoms with E-state index in [1.165, 1.54) is 25.1 Å². The molecule has 0 fully saturated rings. The number of nitrogens with one attached hydrogen (secondary N) is 1. The number of aromatic hydroxyl groups is 1. The highest BCUT2D eigenvalue weighted by Gasteiger charge is 2.09. The summed E-state index contributed by atoms with van der Waals surface area (Å²) < 4.78 is 5.05. The second-order valence-electron chi connectivity index (χ2n) is 6.26. The van der Waals surface area contributed by atoms with Gasteiger partial charge in [-0.1, -0.05) is 17.7 Å². The van der Waals surface area contributed by atoms with Crippen molar-refractivity contribution in [1.82, 2.24) is 10.4 Å². The number of fused-ring (bicyclic) bond motifs is 1. The predicted octanol–water partition coefficient (Wildman–Crippen LogP) is 3.81. The Hall–Kier alpha value is -3.06. The van der Waals surface area contributed by atoms with Gasteiger partial charge in [0.1, 0.15) is 0 Å². The van der Waals surface area contributed by atoms with Gasteiger partial charge in [-0.2, -0.15) is 5.10 Å². The Balaban J connectivity index is 1.65. The van der Waals surface area contributed by atoms with Crippen LogP contribution >= 0.6 is 11.8 Å². The Morgan fingerprint density at radius 1 is 1.29 bits per heavy atom. The molecule has 0 unspecified atom stereocenters. The van der Waals surface area contributed by atoms with Crippen molar-refractivity contribution < 1.29 is 14.6 Å². The highest BCUT2D eigenvalue weighted by Crippen LogP contribution is 2.29. The van der Waals surface area contributed by atoms with Crippen LogP contribution in [0.5, 0.6) is 11.5 Å². The molecule has 1 heterocycles. The standard InChI is InChI=1S/C21H21N3O3S/c1-13-7-8-17-16(9-13)19(10-14(2)23-17)28-12-20(25)24-22-11-15-5-4-6-18(27-3)21(15)26/h4-11,26H,12H2,1-3H3,(H,24,25)/b22-11+. The summed E-state index contributed by atoms with van der Waals surface area (Å²) in [5, 5.41) is 15.0. The number of aromatic nitrogens is 1. The van der Waals surface area contributed by atoms with Gasteiger partial charge in [0.15, 0.2) is 11.5 Å². The van der Waals surface area contributed by atoms with Crippen LogP contribution in [0.15, 0.2) is 52.5 Å². The van der Waals surface area contributed by atoms with Gasteiger partial charge in [-0.25, -0.2) is 5.43 Å². The molecule has 0 aliphatic heterocycles. The number of para-hydroxylation sites is 1. The van der Waals surface area contributed by atoms with Crippen LogP contribution in [0.1, 0.15) is 16.8 Å². The lowest BCUT2D eigenvalue weighted by molar-refractivity contribution is -0.118. The lowest BCUT2D eigenvalue weighted by Gasteiger charge is -2.08. The zero-order valence-corrected chi connectivity index (χ0v) is 16.7. The number of hydrogen-bond donors (Lipinski definition) is 2. The number of amides is 1. The van der Waals surface area contributed by atoms with Gasteiger partial charge in [-0.3, -0.25) is 9.78 Å². The molecule has 28 heavy (non-hydrogen) atoms. The first-order valence-corrected chi connectivity index (χ1v) is 9.65. The van der Waals surface area contributed by atoms with Gasteiger partial charge in [0.05, 0.1) is 24.6 Å². The maximum absolute atomic E-state index is 12.2. The number of carbonyl (C=O) groups excluding carboxylic acids is 1. The molecule has 0 saturated heterocycles. The third-order valence-electron chi connectivity index (χ3n) is 4.06. The number of benzene rings is 2. The van der Waals surface area contributed by atoms with Crippen LogP contribution in [0.25, 0.3) is 10.9 Å². The number of aryl methyl sites for hydroxylation is 2. The molecule has 0 spiro atoms. The summed E-state index contributed by atoms with van der Waals surface area (Å²) in [6.07, 6.45) is 1.38. The summed E-state index contributed by atoms with van der Waals surface area (Å²) in [5.74, 6) is 0.305. The van der Waals surface area contributed by atoms with Gasteiger partial charge in [0.2, 0.25) is 5.91 Å². The molecule has 1 amide bonds. The lowest BCUT2D eigenvalue weighted by atomic mass is 10.1. The number of thioether (sulfide) groups is 1. The maximum Gasteiger partial charge on any atom is 0.250 e. The molecule has 6 nitrogen and oxygen atoms in total. The fraction of sp³-hybridized carbons (Fsp3) is 0.190. The molecule has 144 valence electrons. The van der Waals surface area contributed by atoms with Gasteiger partial charge in [-0.15, -0.1) is 11.8 Å². The third kappa shape index (κ3) is 4.61. The van der Waals surface area contributed by atoms with Crippen molar-refractivity contribution in [3.63, 3.8) is 0 Å². The summed E-state index contributed by atoms with van der Waals surface area (Å²) in [6.45, 7) is 3.97. The molecule has 0 atom stereocenters. The Bertz CT molecular complexity index is 1050. The van der Waals surface area contributed by atoms with Crippen molar-refractivity contribution in [1.29, 1.82) is 0 Å². The first-order chi connectivity index (χ1) is 13.5. The highest BCUT2D eigenvalue weighted by molar-refractivity contribution is 8.00. The molecule has 7 heteroatoms. The van der Waals surface area contributed by atoms with Crippen LogP contribution < -0.4 is 10.2 Å². The second-order valence-corrected chi connectivity index (χ2v) is 7.28. The Labute approximate surface area is 167 Å². The van der Waals surface area contributed by atoms with E-state index < -0.39 is 0 Å². The fourth-order valence-corrected chi connectivity index (χ4v) is 3.64. The number of nitrogens with zero attached hydrogens (tertiary/aromatic N) is 2. The van der Waals surface area contributed by atoms with Crippen molar-refractivity contribution in [2.24, 2.45) is 5.10 Å². The van der Waals surface area contributed by atoms with E-state index in [9.17, 15) is 9.90 Å². The van der Waals surface area contributed by atoms with E-state index in [-0.39, 0.29) is 17.4 Å². The molecule has 1 aromatic heterocycles. The van der Waals surface area contributed by atoms with E-state index in [4.69, 9.17) is 4.74 Å². The molecule has 2 N–H and O–H groups in total. The number of carbonyl (C=O) groups is 1. The summed E-state index contributed by atoms with van der Waals surface area (Å²) in [4.78, 5) is 17.7. The largest absolute Gasteiger partial charge is 0.504 e. The van der Waals surface area contributed by atoms with Crippen LogP contribution in [0, 0.1) is 13.8 Å². The minimum atomic E-state index is -0.237. The fourth-order valence-electron chi connectivity index (χ4n) is 2.71. The summed E-state index contributed by atoms with van der Waals surface area (Å²) >= 11 is 1.44. The first-order valence-electron chi connectivity index (χ1n) is 8.66. The minimum absolute atomic E-state index is 0.0218. The van der Waals surface area contributed by atoms with E-state index >= 15 is 0 Å². The summed E-state index contributed by atoms with van der Waals surface area (Å²) in [5.41, 5.74) is 5.91. The average Bonchev–Trinajstić information content (AvgIpc) is 2.68. The summed E-state index contributed by atoms with van der Waals surface area (Å²) in [6, 6.07) is 13.1. The average molecular weight is 395 g/mol. The Kier molecular flexibility index (Phi) is 6.16. The number of phenols is 1. The monoisotopic (exact) mass is 395 g/mol. The zero-order valence-electron chi connectivity index (χ0n) is 15.9. The van der Waals surface area contributed by atoms with Crippen molar-refractivity contribution >= 4 is 34.8 Å². The van der Waals surface area contributed by atoms with Crippen molar-refractivity contribution in [3.8, 4) is 11.5 Å². The van der Waals surface area contributed by atoms with Gasteiger partial charge in [0.25, 0.3) is 0 Å². The normalized spacial score (nSPS) is 11.1. The van der Waals surface area contributed by atoms with E-state index in [1.807, 2.05) is 32.0 Å². The smallest absolute Gasteiger partial charge is 0.250 e. The molecular weight excluding hydrogens is 374 g/mol. The maximum atomic E-state index is 12.2. The number of methoxy groups -OCH3 is 1. The van der Waals surface area contributed by atoms with Crippen LogP contribution in [0.4, 0.5) is 0 Å². The molecule has 0 saturated carbocycles. The molecule has 0 bridgehead atoms. The lowest BCUT2D eigenvalue weighted by Crippen LogP contribution is -2.19. The number of hydrazone groups is 1. The molecule has 2 aromatic carbocycles. The van der Waals surface area contributed by atoms with Crippen molar-refractivity contribution in [3.05, 3.63) is 59.3 Å². The molecule has 3 aromatic rings. The highest BCUT2D eigenvalue weighted by atomic mass is 32.2. The Morgan fingerprint density at radius 2 is 2.11 bits per heavy atom.